The monoisotopic (exact) mass is 244 g/mol. The maximum absolute atomic E-state index is 11.6. The van der Waals surface area contributed by atoms with Gasteiger partial charge in [0.2, 0.25) is 0 Å². The Hall–Kier alpha value is -2.43. The number of rotatable bonds is 4. The van der Waals surface area contributed by atoms with Crippen molar-refractivity contribution in [3.05, 3.63) is 64.3 Å². The van der Waals surface area contributed by atoms with Gasteiger partial charge in [-0.15, -0.1) is 0 Å². The Morgan fingerprint density at radius 2 is 1.94 bits per heavy atom. The molecule has 0 aromatic carbocycles. The number of carboxylic acids is 1. The van der Waals surface area contributed by atoms with Crippen LogP contribution in [-0.4, -0.2) is 20.6 Å². The molecule has 0 aliphatic rings. The van der Waals surface area contributed by atoms with Crippen molar-refractivity contribution >= 4 is 5.97 Å². The molecule has 0 saturated heterocycles. The molecule has 0 radical (unpaired) electrons. The fraction of sp³-hybridized carbons (Fsp3) is 0.154. The van der Waals surface area contributed by atoms with Crippen LogP contribution in [0, 0.1) is 0 Å². The quantitative estimate of drug-likeness (QED) is 0.876. The van der Waals surface area contributed by atoms with Crippen molar-refractivity contribution in [1.82, 2.24) is 9.55 Å². The lowest BCUT2D eigenvalue weighted by Gasteiger charge is -2.06. The highest BCUT2D eigenvalue weighted by Crippen LogP contribution is 2.01. The van der Waals surface area contributed by atoms with E-state index in [4.69, 9.17) is 5.11 Å². The van der Waals surface area contributed by atoms with Gasteiger partial charge in [0.05, 0.1) is 5.56 Å². The second-order valence-electron chi connectivity index (χ2n) is 3.86. The zero-order valence-electron chi connectivity index (χ0n) is 9.61. The van der Waals surface area contributed by atoms with E-state index < -0.39 is 5.97 Å². The van der Waals surface area contributed by atoms with Crippen LogP contribution in [0.1, 0.15) is 15.9 Å². The van der Waals surface area contributed by atoms with Crippen molar-refractivity contribution in [2.45, 2.75) is 13.0 Å². The summed E-state index contributed by atoms with van der Waals surface area (Å²) in [6, 6.07) is 6.32. The fourth-order valence-electron chi connectivity index (χ4n) is 1.63. The van der Waals surface area contributed by atoms with Crippen LogP contribution in [0.2, 0.25) is 0 Å². The lowest BCUT2D eigenvalue weighted by atomic mass is 10.2. The summed E-state index contributed by atoms with van der Waals surface area (Å²) >= 11 is 0. The van der Waals surface area contributed by atoms with Gasteiger partial charge in [-0.05, 0) is 30.2 Å². The van der Waals surface area contributed by atoms with Crippen molar-refractivity contribution in [3.63, 3.8) is 0 Å². The summed E-state index contributed by atoms with van der Waals surface area (Å²) < 4.78 is 1.41. The Bertz CT molecular complexity index is 605. The average Bonchev–Trinajstić information content (AvgIpc) is 2.38. The number of carboxylic acid groups (broad SMARTS) is 1. The van der Waals surface area contributed by atoms with Crippen LogP contribution >= 0.6 is 0 Å². The third-order valence-corrected chi connectivity index (χ3v) is 2.62. The van der Waals surface area contributed by atoms with E-state index in [9.17, 15) is 9.59 Å². The average molecular weight is 244 g/mol. The summed E-state index contributed by atoms with van der Waals surface area (Å²) in [5.41, 5.74) is 0.969. The molecule has 0 bridgehead atoms. The minimum atomic E-state index is -1.03. The normalized spacial score (nSPS) is 10.2. The van der Waals surface area contributed by atoms with Gasteiger partial charge in [0, 0.05) is 31.2 Å². The smallest absolute Gasteiger partial charge is 0.337 e. The first-order chi connectivity index (χ1) is 8.66. The lowest BCUT2D eigenvalue weighted by molar-refractivity contribution is 0.0696. The molecule has 0 fully saturated rings. The molecule has 2 aromatic rings. The predicted molar refractivity (Wildman–Crippen MR) is 65.6 cm³/mol. The number of nitrogens with zero attached hydrogens (tertiary/aromatic N) is 2. The number of carbonyl (C=O) groups is 1. The highest BCUT2D eigenvalue weighted by Gasteiger charge is 2.05. The van der Waals surface area contributed by atoms with Gasteiger partial charge < -0.3 is 9.67 Å². The first-order valence-electron chi connectivity index (χ1n) is 5.49. The van der Waals surface area contributed by atoms with E-state index in [0.29, 0.717) is 13.0 Å². The van der Waals surface area contributed by atoms with E-state index in [-0.39, 0.29) is 11.1 Å². The molecule has 5 nitrogen and oxygen atoms in total. The SMILES string of the molecule is O=C(O)c1ccc(=O)n(CCc2ccncc2)c1. The largest absolute Gasteiger partial charge is 0.478 e. The van der Waals surface area contributed by atoms with Gasteiger partial charge >= 0.3 is 5.97 Å². The number of aromatic nitrogens is 2. The van der Waals surface area contributed by atoms with E-state index in [1.165, 1.54) is 22.9 Å². The third kappa shape index (κ3) is 2.82. The summed E-state index contributed by atoms with van der Waals surface area (Å²) in [5.74, 6) is -1.03. The number of aryl methyl sites for hydroxylation is 2. The molecule has 2 rings (SSSR count). The van der Waals surface area contributed by atoms with Crippen molar-refractivity contribution < 1.29 is 9.90 Å². The summed E-state index contributed by atoms with van der Waals surface area (Å²) in [5, 5.41) is 8.86. The zero-order valence-corrected chi connectivity index (χ0v) is 9.61. The molecule has 2 heterocycles. The Balaban J connectivity index is 2.16. The van der Waals surface area contributed by atoms with Gasteiger partial charge in [-0.25, -0.2) is 4.79 Å². The zero-order chi connectivity index (χ0) is 13.0. The molecular weight excluding hydrogens is 232 g/mol. The Morgan fingerprint density at radius 3 is 2.61 bits per heavy atom. The Morgan fingerprint density at radius 1 is 1.22 bits per heavy atom. The summed E-state index contributed by atoms with van der Waals surface area (Å²) in [6.45, 7) is 0.448. The third-order valence-electron chi connectivity index (χ3n) is 2.62. The van der Waals surface area contributed by atoms with Crippen LogP contribution in [0.5, 0.6) is 0 Å². The van der Waals surface area contributed by atoms with Crippen LogP contribution in [0.3, 0.4) is 0 Å². The van der Waals surface area contributed by atoms with Crippen molar-refractivity contribution in [2.24, 2.45) is 0 Å². The van der Waals surface area contributed by atoms with E-state index in [1.54, 1.807) is 12.4 Å². The van der Waals surface area contributed by atoms with E-state index in [2.05, 4.69) is 4.98 Å². The second-order valence-corrected chi connectivity index (χ2v) is 3.86. The molecule has 0 aliphatic heterocycles. The van der Waals surface area contributed by atoms with Crippen molar-refractivity contribution in [1.29, 1.82) is 0 Å². The van der Waals surface area contributed by atoms with Gasteiger partial charge in [0.25, 0.3) is 5.56 Å². The second kappa shape index (κ2) is 5.27. The Kier molecular flexibility index (Phi) is 3.52. The molecule has 18 heavy (non-hydrogen) atoms. The van der Waals surface area contributed by atoms with Gasteiger partial charge in [0.15, 0.2) is 0 Å². The van der Waals surface area contributed by atoms with E-state index in [0.717, 1.165) is 5.56 Å². The molecule has 0 unspecified atom stereocenters. The number of hydrogen-bond donors (Lipinski definition) is 1. The minimum absolute atomic E-state index is 0.115. The highest BCUT2D eigenvalue weighted by atomic mass is 16.4. The maximum Gasteiger partial charge on any atom is 0.337 e. The summed E-state index contributed by atoms with van der Waals surface area (Å²) in [4.78, 5) is 26.3. The van der Waals surface area contributed by atoms with Crippen LogP contribution in [0.15, 0.2) is 47.7 Å². The summed E-state index contributed by atoms with van der Waals surface area (Å²) in [6.07, 6.45) is 5.40. The Labute approximate surface area is 103 Å². The highest BCUT2D eigenvalue weighted by molar-refractivity contribution is 5.87. The van der Waals surface area contributed by atoms with Gasteiger partial charge in [-0.1, -0.05) is 0 Å². The number of pyridine rings is 2. The molecular formula is C13H12N2O3. The molecule has 5 heteroatoms. The van der Waals surface area contributed by atoms with E-state index >= 15 is 0 Å². The molecule has 0 aliphatic carbocycles. The molecule has 2 aromatic heterocycles. The maximum atomic E-state index is 11.6. The first kappa shape index (κ1) is 12.0. The molecule has 1 N–H and O–H groups in total. The lowest BCUT2D eigenvalue weighted by Crippen LogP contribution is -2.21. The van der Waals surface area contributed by atoms with Crippen molar-refractivity contribution in [2.75, 3.05) is 0 Å². The predicted octanol–water partition coefficient (Wildman–Crippen LogP) is 1.18. The van der Waals surface area contributed by atoms with Gasteiger partial charge in [0.1, 0.15) is 0 Å². The molecule has 0 saturated carbocycles. The molecule has 0 atom stereocenters. The van der Waals surface area contributed by atoms with Crippen LogP contribution in [0.4, 0.5) is 0 Å². The van der Waals surface area contributed by atoms with Crippen molar-refractivity contribution in [3.8, 4) is 0 Å². The van der Waals surface area contributed by atoms with E-state index in [1.807, 2.05) is 12.1 Å². The van der Waals surface area contributed by atoms with Crippen LogP contribution < -0.4 is 5.56 Å². The standard InChI is InChI=1S/C13H12N2O3/c16-12-2-1-11(13(17)18)9-15(12)8-5-10-3-6-14-7-4-10/h1-4,6-7,9H,5,8H2,(H,17,18). The number of hydrogen-bond acceptors (Lipinski definition) is 3. The van der Waals surface area contributed by atoms with Crippen LogP contribution in [-0.2, 0) is 13.0 Å². The topological polar surface area (TPSA) is 72.2 Å². The fourth-order valence-corrected chi connectivity index (χ4v) is 1.63. The minimum Gasteiger partial charge on any atom is -0.478 e. The van der Waals surface area contributed by atoms with Gasteiger partial charge in [-0.2, -0.15) is 0 Å². The molecule has 92 valence electrons. The molecule has 0 amide bonds. The first-order valence-corrected chi connectivity index (χ1v) is 5.49. The van der Waals surface area contributed by atoms with Crippen LogP contribution in [0.25, 0.3) is 0 Å². The van der Waals surface area contributed by atoms with Gasteiger partial charge in [-0.3, -0.25) is 9.78 Å². The number of aromatic carboxylic acids is 1. The molecule has 0 spiro atoms. The summed E-state index contributed by atoms with van der Waals surface area (Å²) in [7, 11) is 0.